The molecule has 0 aromatic heterocycles. The van der Waals surface area contributed by atoms with Crippen molar-refractivity contribution in [1.82, 2.24) is 0 Å². The van der Waals surface area contributed by atoms with Gasteiger partial charge in [-0.15, -0.1) is 0 Å². The molecule has 0 aliphatic carbocycles. The van der Waals surface area contributed by atoms with Gasteiger partial charge in [-0.25, -0.2) is 13.2 Å². The van der Waals surface area contributed by atoms with Gasteiger partial charge >= 0.3 is 6.03 Å². The molecule has 126 valence electrons. The second kappa shape index (κ2) is 6.16. The highest BCUT2D eigenvalue weighted by atomic mass is 32.2. The topological polar surface area (TPSA) is 78.5 Å². The summed E-state index contributed by atoms with van der Waals surface area (Å²) >= 11 is 0. The molecule has 3 rings (SSSR count). The van der Waals surface area contributed by atoms with Crippen molar-refractivity contribution in [3.05, 3.63) is 53.6 Å². The molecule has 0 spiro atoms. The van der Waals surface area contributed by atoms with E-state index >= 15 is 0 Å². The monoisotopic (exact) mass is 345 g/mol. The number of urea groups is 1. The fourth-order valence-corrected chi connectivity index (χ4v) is 3.68. The third kappa shape index (κ3) is 3.51. The third-order valence-corrected chi connectivity index (χ3v) is 5.08. The van der Waals surface area contributed by atoms with Crippen LogP contribution in [0.1, 0.15) is 11.1 Å². The number of carbonyl (C=O) groups excluding carboxylic acids is 1. The van der Waals surface area contributed by atoms with Gasteiger partial charge in [0.05, 0.1) is 11.9 Å². The SMILES string of the molecule is Cc1ccc(NC(=O)Nc2ccc3c(c2)CCN3S(C)(=O)=O)cc1. The van der Waals surface area contributed by atoms with Crippen LogP contribution in [-0.4, -0.2) is 27.2 Å². The Bertz CT molecular complexity index is 876. The van der Waals surface area contributed by atoms with Crippen molar-refractivity contribution in [1.29, 1.82) is 0 Å². The van der Waals surface area contributed by atoms with Gasteiger partial charge in [0.25, 0.3) is 0 Å². The predicted molar refractivity (Wildman–Crippen MR) is 96.2 cm³/mol. The highest BCUT2D eigenvalue weighted by Gasteiger charge is 2.26. The first-order valence-corrected chi connectivity index (χ1v) is 9.43. The van der Waals surface area contributed by atoms with Crippen LogP contribution in [0, 0.1) is 6.92 Å². The van der Waals surface area contributed by atoms with E-state index in [-0.39, 0.29) is 6.03 Å². The van der Waals surface area contributed by atoms with Crippen molar-refractivity contribution in [2.45, 2.75) is 13.3 Å². The number of sulfonamides is 1. The predicted octanol–water partition coefficient (Wildman–Crippen LogP) is 2.96. The number of hydrogen-bond donors (Lipinski definition) is 2. The molecule has 0 atom stereocenters. The van der Waals surface area contributed by atoms with Crippen LogP contribution in [0.15, 0.2) is 42.5 Å². The number of nitrogens with one attached hydrogen (secondary N) is 2. The number of rotatable bonds is 3. The first-order chi connectivity index (χ1) is 11.3. The molecule has 0 unspecified atom stereocenters. The minimum Gasteiger partial charge on any atom is -0.308 e. The fourth-order valence-electron chi connectivity index (χ4n) is 2.72. The van der Waals surface area contributed by atoms with Crippen LogP contribution in [0.2, 0.25) is 0 Å². The smallest absolute Gasteiger partial charge is 0.308 e. The maximum Gasteiger partial charge on any atom is 0.323 e. The molecule has 7 heteroatoms. The Balaban J connectivity index is 1.71. The van der Waals surface area contributed by atoms with Crippen LogP contribution < -0.4 is 14.9 Å². The Morgan fingerprint density at radius 2 is 1.67 bits per heavy atom. The highest BCUT2D eigenvalue weighted by molar-refractivity contribution is 7.92. The van der Waals surface area contributed by atoms with Crippen LogP contribution in [0.25, 0.3) is 0 Å². The Morgan fingerprint density at radius 3 is 2.33 bits per heavy atom. The summed E-state index contributed by atoms with van der Waals surface area (Å²) < 4.78 is 24.9. The van der Waals surface area contributed by atoms with Gasteiger partial charge in [-0.2, -0.15) is 0 Å². The number of carbonyl (C=O) groups is 1. The van der Waals surface area contributed by atoms with Crippen molar-refractivity contribution in [3.63, 3.8) is 0 Å². The van der Waals surface area contributed by atoms with Crippen molar-refractivity contribution in [2.24, 2.45) is 0 Å². The maximum absolute atomic E-state index is 12.1. The van der Waals surface area contributed by atoms with Gasteiger partial charge in [-0.05, 0) is 49.2 Å². The summed E-state index contributed by atoms with van der Waals surface area (Å²) in [4.78, 5) is 12.1. The molecule has 0 radical (unpaired) electrons. The lowest BCUT2D eigenvalue weighted by Gasteiger charge is -2.16. The van der Waals surface area contributed by atoms with Crippen molar-refractivity contribution in [2.75, 3.05) is 27.7 Å². The standard InChI is InChI=1S/C17H19N3O3S/c1-12-3-5-14(6-4-12)18-17(21)19-15-7-8-16-13(11-15)9-10-20(16)24(2,22)23/h3-8,11H,9-10H2,1-2H3,(H2,18,19,21). The van der Waals surface area contributed by atoms with E-state index in [9.17, 15) is 13.2 Å². The number of benzene rings is 2. The van der Waals surface area contributed by atoms with E-state index in [2.05, 4.69) is 10.6 Å². The number of anilines is 3. The van der Waals surface area contributed by atoms with Gasteiger partial charge in [-0.1, -0.05) is 17.7 Å². The third-order valence-electron chi connectivity index (χ3n) is 3.90. The molecule has 0 fully saturated rings. The minimum atomic E-state index is -3.26. The fraction of sp³-hybridized carbons (Fsp3) is 0.235. The molecule has 2 amide bonds. The summed E-state index contributed by atoms with van der Waals surface area (Å²) in [5.41, 5.74) is 4.06. The molecule has 0 saturated heterocycles. The second-order valence-electron chi connectivity index (χ2n) is 5.87. The average Bonchev–Trinajstić information content (AvgIpc) is 2.93. The summed E-state index contributed by atoms with van der Waals surface area (Å²) in [7, 11) is -3.26. The van der Waals surface area contributed by atoms with Crippen LogP contribution in [0.5, 0.6) is 0 Å². The maximum atomic E-state index is 12.1. The number of nitrogens with zero attached hydrogens (tertiary/aromatic N) is 1. The van der Waals surface area contributed by atoms with E-state index in [1.54, 1.807) is 12.1 Å². The summed E-state index contributed by atoms with van der Waals surface area (Å²) in [6.07, 6.45) is 1.83. The Kier molecular flexibility index (Phi) is 4.19. The lowest BCUT2D eigenvalue weighted by molar-refractivity contribution is 0.262. The van der Waals surface area contributed by atoms with Crippen LogP contribution in [0.4, 0.5) is 21.9 Å². The van der Waals surface area contributed by atoms with Crippen molar-refractivity contribution < 1.29 is 13.2 Å². The first-order valence-electron chi connectivity index (χ1n) is 7.58. The lowest BCUT2D eigenvalue weighted by Crippen LogP contribution is -2.27. The minimum absolute atomic E-state index is 0.336. The zero-order valence-electron chi connectivity index (χ0n) is 13.5. The van der Waals surface area contributed by atoms with E-state index in [1.807, 2.05) is 37.3 Å². The van der Waals surface area contributed by atoms with Gasteiger partial charge in [0.2, 0.25) is 10.0 Å². The van der Waals surface area contributed by atoms with E-state index in [4.69, 9.17) is 0 Å². The normalized spacial score (nSPS) is 13.5. The molecule has 2 N–H and O–H groups in total. The molecular weight excluding hydrogens is 326 g/mol. The number of amides is 2. The quantitative estimate of drug-likeness (QED) is 0.898. The first kappa shape index (κ1) is 16.3. The largest absolute Gasteiger partial charge is 0.323 e. The average molecular weight is 345 g/mol. The molecular formula is C17H19N3O3S. The van der Waals surface area contributed by atoms with Crippen molar-refractivity contribution >= 4 is 33.1 Å². The molecule has 1 heterocycles. The lowest BCUT2D eigenvalue weighted by atomic mass is 10.1. The highest BCUT2D eigenvalue weighted by Crippen LogP contribution is 2.32. The van der Waals surface area contributed by atoms with E-state index in [1.165, 1.54) is 10.6 Å². The van der Waals surface area contributed by atoms with E-state index in [0.717, 1.165) is 11.1 Å². The summed E-state index contributed by atoms with van der Waals surface area (Å²) in [5.74, 6) is 0. The molecule has 0 bridgehead atoms. The van der Waals surface area contributed by atoms with E-state index < -0.39 is 10.0 Å². The Hall–Kier alpha value is -2.54. The Morgan fingerprint density at radius 1 is 1.04 bits per heavy atom. The molecule has 1 aliphatic rings. The van der Waals surface area contributed by atoms with Gasteiger partial charge < -0.3 is 10.6 Å². The van der Waals surface area contributed by atoms with Gasteiger partial charge in [-0.3, -0.25) is 4.31 Å². The summed E-state index contributed by atoms with van der Waals surface area (Å²) in [5, 5.41) is 5.53. The molecule has 2 aromatic carbocycles. The van der Waals surface area contributed by atoms with Crippen molar-refractivity contribution in [3.8, 4) is 0 Å². The number of hydrogen-bond acceptors (Lipinski definition) is 3. The van der Waals surface area contributed by atoms with Gasteiger partial charge in [0, 0.05) is 17.9 Å². The second-order valence-corrected chi connectivity index (χ2v) is 7.78. The van der Waals surface area contributed by atoms with E-state index in [0.29, 0.717) is 30.0 Å². The van der Waals surface area contributed by atoms with Crippen LogP contribution in [-0.2, 0) is 16.4 Å². The molecule has 6 nitrogen and oxygen atoms in total. The zero-order chi connectivity index (χ0) is 17.3. The molecule has 2 aromatic rings. The summed E-state index contributed by atoms with van der Waals surface area (Å²) in [6.45, 7) is 2.42. The van der Waals surface area contributed by atoms with Crippen LogP contribution in [0.3, 0.4) is 0 Å². The van der Waals surface area contributed by atoms with Crippen LogP contribution >= 0.6 is 0 Å². The molecule has 24 heavy (non-hydrogen) atoms. The molecule has 1 aliphatic heterocycles. The van der Waals surface area contributed by atoms with Gasteiger partial charge in [0.1, 0.15) is 0 Å². The Labute approximate surface area is 141 Å². The number of fused-ring (bicyclic) bond motifs is 1. The summed E-state index contributed by atoms with van der Waals surface area (Å²) in [6, 6.07) is 12.4. The molecule has 0 saturated carbocycles. The number of aryl methyl sites for hydroxylation is 1. The zero-order valence-corrected chi connectivity index (χ0v) is 14.4. The van der Waals surface area contributed by atoms with Gasteiger partial charge in [0.15, 0.2) is 0 Å².